The second kappa shape index (κ2) is 5.02. The van der Waals surface area contributed by atoms with Gasteiger partial charge in [-0.2, -0.15) is 5.26 Å². The lowest BCUT2D eigenvalue weighted by molar-refractivity contribution is 0.772. The summed E-state index contributed by atoms with van der Waals surface area (Å²) >= 11 is 0. The molecule has 0 spiro atoms. The fraction of sp³-hybridized carbons (Fsp3) is 0.286. The van der Waals surface area contributed by atoms with E-state index in [1.165, 1.54) is 5.56 Å². The largest absolute Gasteiger partial charge is 0.354 e. The number of nitrogens with zero attached hydrogens (tertiary/aromatic N) is 5. The van der Waals surface area contributed by atoms with E-state index in [-0.39, 0.29) is 0 Å². The molecule has 1 aliphatic heterocycles. The van der Waals surface area contributed by atoms with Crippen LogP contribution >= 0.6 is 0 Å². The zero-order chi connectivity index (χ0) is 13.1. The minimum absolute atomic E-state index is 0.401. The number of nitriles is 1. The predicted molar refractivity (Wildman–Crippen MR) is 70.6 cm³/mol. The molecule has 0 saturated carbocycles. The van der Waals surface area contributed by atoms with E-state index in [0.29, 0.717) is 17.4 Å². The first kappa shape index (κ1) is 11.6. The Morgan fingerprint density at radius 2 is 1.95 bits per heavy atom. The number of aromatic nitrogens is 3. The third-order valence-electron chi connectivity index (χ3n) is 3.45. The summed E-state index contributed by atoms with van der Waals surface area (Å²) in [5.74, 6) is 1.16. The average molecular weight is 251 g/mol. The molecule has 0 bridgehead atoms. The lowest BCUT2D eigenvalue weighted by Gasteiger charge is -2.17. The average Bonchev–Trinajstić information content (AvgIpc) is 2.98. The highest BCUT2D eigenvalue weighted by molar-refractivity contribution is 5.50. The fourth-order valence-electron chi connectivity index (χ4n) is 2.50. The number of hydrogen-bond donors (Lipinski definition) is 0. The second-order valence-electron chi connectivity index (χ2n) is 4.55. The summed E-state index contributed by atoms with van der Waals surface area (Å²) in [5.41, 5.74) is 1.69. The third kappa shape index (κ3) is 2.25. The number of hydrogen-bond acceptors (Lipinski definition) is 5. The van der Waals surface area contributed by atoms with Crippen LogP contribution in [0.25, 0.3) is 0 Å². The predicted octanol–water partition coefficient (Wildman–Crippen LogP) is 1.74. The van der Waals surface area contributed by atoms with Crippen LogP contribution in [0.2, 0.25) is 0 Å². The first-order valence-corrected chi connectivity index (χ1v) is 6.24. The van der Waals surface area contributed by atoms with Gasteiger partial charge in [0.1, 0.15) is 6.07 Å². The van der Waals surface area contributed by atoms with E-state index in [4.69, 9.17) is 5.26 Å². The molecule has 0 N–H and O–H groups in total. The van der Waals surface area contributed by atoms with Crippen LogP contribution < -0.4 is 4.90 Å². The van der Waals surface area contributed by atoms with Crippen LogP contribution in [0.15, 0.2) is 36.9 Å². The summed E-state index contributed by atoms with van der Waals surface area (Å²) in [6, 6.07) is 6.21. The molecule has 2 aromatic heterocycles. The van der Waals surface area contributed by atoms with Crippen LogP contribution in [0.5, 0.6) is 0 Å². The third-order valence-corrected chi connectivity index (χ3v) is 3.45. The molecule has 0 radical (unpaired) electrons. The molecule has 94 valence electrons. The quantitative estimate of drug-likeness (QED) is 0.813. The smallest absolute Gasteiger partial charge is 0.183 e. The van der Waals surface area contributed by atoms with Gasteiger partial charge in [0.15, 0.2) is 11.5 Å². The van der Waals surface area contributed by atoms with Gasteiger partial charge in [-0.15, -0.1) is 0 Å². The number of pyridine rings is 1. The van der Waals surface area contributed by atoms with Crippen LogP contribution in [0.3, 0.4) is 0 Å². The second-order valence-corrected chi connectivity index (χ2v) is 4.55. The van der Waals surface area contributed by atoms with E-state index in [1.807, 2.05) is 12.4 Å². The van der Waals surface area contributed by atoms with Crippen molar-refractivity contribution in [3.8, 4) is 6.07 Å². The summed E-state index contributed by atoms with van der Waals surface area (Å²) in [4.78, 5) is 14.5. The zero-order valence-corrected chi connectivity index (χ0v) is 10.4. The van der Waals surface area contributed by atoms with E-state index in [1.54, 1.807) is 12.4 Å². The van der Waals surface area contributed by atoms with E-state index in [0.717, 1.165) is 19.5 Å². The summed E-state index contributed by atoms with van der Waals surface area (Å²) in [5, 5.41) is 9.07. The van der Waals surface area contributed by atoms with Crippen LogP contribution in [0.1, 0.15) is 23.6 Å². The van der Waals surface area contributed by atoms with Crippen molar-refractivity contribution in [2.75, 3.05) is 18.0 Å². The topological polar surface area (TPSA) is 65.7 Å². The van der Waals surface area contributed by atoms with Gasteiger partial charge in [-0.05, 0) is 24.1 Å². The Bertz CT molecular complexity index is 605. The van der Waals surface area contributed by atoms with E-state index in [2.05, 4.69) is 38.1 Å². The van der Waals surface area contributed by atoms with E-state index in [9.17, 15) is 0 Å². The Kier molecular flexibility index (Phi) is 3.07. The van der Waals surface area contributed by atoms with E-state index < -0.39 is 0 Å². The molecule has 0 aromatic carbocycles. The Hall–Kier alpha value is -2.48. The van der Waals surface area contributed by atoms with Crippen molar-refractivity contribution in [1.29, 1.82) is 5.26 Å². The monoisotopic (exact) mass is 251 g/mol. The fourth-order valence-corrected chi connectivity index (χ4v) is 2.50. The molecule has 0 amide bonds. The van der Waals surface area contributed by atoms with Crippen LogP contribution in [-0.4, -0.2) is 28.0 Å². The number of anilines is 1. The van der Waals surface area contributed by atoms with Crippen molar-refractivity contribution >= 4 is 5.82 Å². The maximum Gasteiger partial charge on any atom is 0.183 e. The van der Waals surface area contributed by atoms with Gasteiger partial charge >= 0.3 is 0 Å². The Morgan fingerprint density at radius 3 is 2.74 bits per heavy atom. The molecular formula is C14H13N5. The molecule has 1 saturated heterocycles. The van der Waals surface area contributed by atoms with Crippen LogP contribution in [0.4, 0.5) is 5.82 Å². The SMILES string of the molecule is N#Cc1nccnc1N1CCC(c2ccncc2)C1. The first-order valence-electron chi connectivity index (χ1n) is 6.24. The molecule has 1 aliphatic rings. The molecule has 2 aromatic rings. The molecule has 1 fully saturated rings. The Balaban J connectivity index is 1.81. The van der Waals surface area contributed by atoms with Gasteiger partial charge in [0.25, 0.3) is 0 Å². The van der Waals surface area contributed by atoms with Gasteiger partial charge in [0.2, 0.25) is 0 Å². The summed E-state index contributed by atoms with van der Waals surface area (Å²) < 4.78 is 0. The van der Waals surface area contributed by atoms with Crippen molar-refractivity contribution in [2.45, 2.75) is 12.3 Å². The molecule has 5 nitrogen and oxygen atoms in total. The van der Waals surface area contributed by atoms with Crippen molar-refractivity contribution < 1.29 is 0 Å². The van der Waals surface area contributed by atoms with Crippen LogP contribution in [0, 0.1) is 11.3 Å². The molecule has 1 unspecified atom stereocenters. The lowest BCUT2D eigenvalue weighted by atomic mass is 10.00. The zero-order valence-electron chi connectivity index (χ0n) is 10.4. The molecule has 0 aliphatic carbocycles. The van der Waals surface area contributed by atoms with Gasteiger partial charge in [0, 0.05) is 43.8 Å². The van der Waals surface area contributed by atoms with Gasteiger partial charge < -0.3 is 4.90 Å². The van der Waals surface area contributed by atoms with Crippen molar-refractivity contribution in [3.63, 3.8) is 0 Å². The molecule has 3 rings (SSSR count). The van der Waals surface area contributed by atoms with E-state index >= 15 is 0 Å². The summed E-state index contributed by atoms with van der Waals surface area (Å²) in [7, 11) is 0. The summed E-state index contributed by atoms with van der Waals surface area (Å²) in [6.45, 7) is 1.78. The van der Waals surface area contributed by atoms with Crippen molar-refractivity contribution in [3.05, 3.63) is 48.2 Å². The summed E-state index contributed by atoms with van der Waals surface area (Å²) in [6.07, 6.45) is 7.89. The number of rotatable bonds is 2. The Labute approximate surface area is 111 Å². The molecule has 19 heavy (non-hydrogen) atoms. The molecule has 3 heterocycles. The molecule has 5 heteroatoms. The van der Waals surface area contributed by atoms with Crippen LogP contribution in [-0.2, 0) is 0 Å². The minimum Gasteiger partial charge on any atom is -0.354 e. The van der Waals surface area contributed by atoms with Gasteiger partial charge in [-0.1, -0.05) is 0 Å². The van der Waals surface area contributed by atoms with Crippen molar-refractivity contribution in [1.82, 2.24) is 15.0 Å². The van der Waals surface area contributed by atoms with Gasteiger partial charge in [-0.3, -0.25) is 4.98 Å². The normalized spacial score (nSPS) is 18.3. The maximum atomic E-state index is 9.07. The standard InChI is InChI=1S/C14H13N5/c15-9-13-14(18-7-6-17-13)19-8-3-12(10-19)11-1-4-16-5-2-11/h1-2,4-7,12H,3,8,10H2. The molecular weight excluding hydrogens is 238 g/mol. The van der Waals surface area contributed by atoms with Gasteiger partial charge in [0.05, 0.1) is 0 Å². The lowest BCUT2D eigenvalue weighted by Crippen LogP contribution is -2.22. The van der Waals surface area contributed by atoms with Gasteiger partial charge in [-0.25, -0.2) is 9.97 Å². The highest BCUT2D eigenvalue weighted by Crippen LogP contribution is 2.30. The molecule has 1 atom stereocenters. The first-order chi connectivity index (χ1) is 9.38. The maximum absolute atomic E-state index is 9.07. The minimum atomic E-state index is 0.401. The highest BCUT2D eigenvalue weighted by Gasteiger charge is 2.26. The Morgan fingerprint density at radius 1 is 1.16 bits per heavy atom. The highest BCUT2D eigenvalue weighted by atomic mass is 15.2. The van der Waals surface area contributed by atoms with Crippen molar-refractivity contribution in [2.24, 2.45) is 0 Å².